The third-order valence-corrected chi connectivity index (χ3v) is 2.36. The number of aliphatic hydroxyl groups is 1. The van der Waals surface area contributed by atoms with Gasteiger partial charge in [-0.3, -0.25) is 4.79 Å². The van der Waals surface area contributed by atoms with Crippen molar-refractivity contribution in [3.8, 4) is 0 Å². The number of nitrogens with zero attached hydrogens (tertiary/aromatic N) is 2. The van der Waals surface area contributed by atoms with Crippen molar-refractivity contribution in [1.82, 2.24) is 5.01 Å². The Morgan fingerprint density at radius 1 is 1.41 bits per heavy atom. The molecule has 0 heterocycles. The van der Waals surface area contributed by atoms with E-state index < -0.39 is 12.0 Å². The molecule has 1 aromatic rings. The smallest absolute Gasteiger partial charge is 0.276 e. The Labute approximate surface area is 100 Å². The lowest BCUT2D eigenvalue weighted by Crippen LogP contribution is -2.33. The van der Waals surface area contributed by atoms with E-state index in [1.807, 2.05) is 6.92 Å². The number of amides is 1. The molecule has 5 heteroatoms. The van der Waals surface area contributed by atoms with E-state index in [0.29, 0.717) is 12.0 Å². The molecule has 1 rings (SSSR count). The lowest BCUT2D eigenvalue weighted by Gasteiger charge is -2.17. The van der Waals surface area contributed by atoms with Crippen molar-refractivity contribution in [1.29, 1.82) is 0 Å². The predicted molar refractivity (Wildman–Crippen MR) is 64.2 cm³/mol. The van der Waals surface area contributed by atoms with Gasteiger partial charge in [0.05, 0.1) is 17.9 Å². The maximum absolute atomic E-state index is 11.8. The number of hydrogen-bond acceptors (Lipinski definition) is 4. The van der Waals surface area contributed by atoms with E-state index in [1.54, 1.807) is 30.3 Å². The van der Waals surface area contributed by atoms with Crippen molar-refractivity contribution in [3.05, 3.63) is 40.8 Å². The van der Waals surface area contributed by atoms with E-state index in [1.165, 1.54) is 0 Å². The second-order valence-corrected chi connectivity index (χ2v) is 3.78. The van der Waals surface area contributed by atoms with Crippen LogP contribution >= 0.6 is 0 Å². The quantitative estimate of drug-likeness (QED) is 0.606. The molecular weight excluding hydrogens is 220 g/mol. The molecule has 0 aliphatic carbocycles. The Balaban J connectivity index is 2.68. The van der Waals surface area contributed by atoms with Gasteiger partial charge in [0.25, 0.3) is 5.91 Å². The lowest BCUT2D eigenvalue weighted by atomic mass is 10.2. The van der Waals surface area contributed by atoms with E-state index in [4.69, 9.17) is 0 Å². The predicted octanol–water partition coefficient (Wildman–Crippen LogP) is 1.97. The number of carbonyl (C=O) groups is 1. The second kappa shape index (κ2) is 6.75. The largest absolute Gasteiger partial charge is 0.391 e. The van der Waals surface area contributed by atoms with Crippen LogP contribution in [0.25, 0.3) is 0 Å². The first-order chi connectivity index (χ1) is 8.19. The zero-order valence-corrected chi connectivity index (χ0v) is 9.74. The highest BCUT2D eigenvalue weighted by molar-refractivity contribution is 5.93. The molecule has 0 saturated carbocycles. The summed E-state index contributed by atoms with van der Waals surface area (Å²) in [4.78, 5) is 22.4. The van der Waals surface area contributed by atoms with Crippen LogP contribution < -0.4 is 0 Å². The number of nitroso groups, excluding NO2 is 1. The Morgan fingerprint density at radius 2 is 2.06 bits per heavy atom. The summed E-state index contributed by atoms with van der Waals surface area (Å²) >= 11 is 0. The first-order valence-corrected chi connectivity index (χ1v) is 5.57. The molecule has 5 nitrogen and oxygen atoms in total. The highest BCUT2D eigenvalue weighted by Crippen LogP contribution is 2.07. The molecule has 0 spiro atoms. The summed E-state index contributed by atoms with van der Waals surface area (Å²) in [6.07, 6.45) is 0.604. The molecule has 1 N–H and O–H groups in total. The third-order valence-electron chi connectivity index (χ3n) is 2.36. The average molecular weight is 236 g/mol. The van der Waals surface area contributed by atoms with Gasteiger partial charge in [0, 0.05) is 5.56 Å². The zero-order chi connectivity index (χ0) is 12.7. The van der Waals surface area contributed by atoms with Crippen molar-refractivity contribution < 1.29 is 9.90 Å². The van der Waals surface area contributed by atoms with E-state index in [-0.39, 0.29) is 6.54 Å². The van der Waals surface area contributed by atoms with Crippen LogP contribution in [0.5, 0.6) is 0 Å². The van der Waals surface area contributed by atoms with Crippen LogP contribution in [0.1, 0.15) is 30.1 Å². The lowest BCUT2D eigenvalue weighted by molar-refractivity contribution is 0.0610. The van der Waals surface area contributed by atoms with Crippen molar-refractivity contribution in [2.75, 3.05) is 6.54 Å². The molecule has 1 aromatic carbocycles. The minimum absolute atomic E-state index is 0.0644. The van der Waals surface area contributed by atoms with Crippen molar-refractivity contribution in [2.45, 2.75) is 25.9 Å². The molecule has 1 atom stereocenters. The van der Waals surface area contributed by atoms with Gasteiger partial charge >= 0.3 is 0 Å². The summed E-state index contributed by atoms with van der Waals surface area (Å²) in [6, 6.07) is 8.40. The highest BCUT2D eigenvalue weighted by Gasteiger charge is 2.19. The van der Waals surface area contributed by atoms with E-state index in [2.05, 4.69) is 5.29 Å². The standard InChI is InChI=1S/C12H16N2O3/c1-2-6-11(15)9-14(13-17)12(16)10-7-4-3-5-8-10/h3-5,7-8,11,15H,2,6,9H2,1H3. The van der Waals surface area contributed by atoms with Crippen LogP contribution in [0.2, 0.25) is 0 Å². The number of benzene rings is 1. The van der Waals surface area contributed by atoms with E-state index >= 15 is 0 Å². The first-order valence-electron chi connectivity index (χ1n) is 5.57. The van der Waals surface area contributed by atoms with Crippen LogP contribution in [-0.2, 0) is 0 Å². The molecule has 0 aliphatic heterocycles. The first kappa shape index (κ1) is 13.3. The molecule has 0 aromatic heterocycles. The van der Waals surface area contributed by atoms with Gasteiger partial charge in [-0.15, -0.1) is 4.91 Å². The summed E-state index contributed by atoms with van der Waals surface area (Å²) in [5, 5.41) is 13.0. The summed E-state index contributed by atoms with van der Waals surface area (Å²) in [5.74, 6) is -0.490. The summed E-state index contributed by atoms with van der Waals surface area (Å²) < 4.78 is 0. The molecule has 1 amide bonds. The van der Waals surface area contributed by atoms with Crippen LogP contribution in [0.15, 0.2) is 35.6 Å². The van der Waals surface area contributed by atoms with Gasteiger partial charge in [-0.25, -0.2) is 0 Å². The van der Waals surface area contributed by atoms with Crippen LogP contribution in [0.3, 0.4) is 0 Å². The zero-order valence-electron chi connectivity index (χ0n) is 9.74. The molecule has 17 heavy (non-hydrogen) atoms. The molecule has 0 fully saturated rings. The minimum Gasteiger partial charge on any atom is -0.391 e. The SMILES string of the molecule is CCCC(O)CN(N=O)C(=O)c1ccccc1. The average Bonchev–Trinajstić information content (AvgIpc) is 2.36. The van der Waals surface area contributed by atoms with Gasteiger partial charge in [-0.05, 0) is 18.6 Å². The Kier molecular flexibility index (Phi) is 5.29. The third kappa shape index (κ3) is 3.96. The number of hydrogen-bond donors (Lipinski definition) is 1. The Bertz CT molecular complexity index is 367. The number of aliphatic hydroxyl groups excluding tert-OH is 1. The fraction of sp³-hybridized carbons (Fsp3) is 0.417. The molecular formula is C12H16N2O3. The maximum Gasteiger partial charge on any atom is 0.276 e. The van der Waals surface area contributed by atoms with E-state index in [9.17, 15) is 14.8 Å². The Hall–Kier alpha value is -1.75. The van der Waals surface area contributed by atoms with Crippen LogP contribution in [0.4, 0.5) is 0 Å². The minimum atomic E-state index is -0.717. The molecule has 92 valence electrons. The second-order valence-electron chi connectivity index (χ2n) is 3.78. The fourth-order valence-corrected chi connectivity index (χ4v) is 1.51. The molecule has 0 bridgehead atoms. The monoisotopic (exact) mass is 236 g/mol. The topological polar surface area (TPSA) is 70.0 Å². The van der Waals surface area contributed by atoms with Gasteiger partial charge in [-0.2, -0.15) is 5.01 Å². The fourth-order valence-electron chi connectivity index (χ4n) is 1.51. The number of carbonyl (C=O) groups excluding carboxylic acids is 1. The van der Waals surface area contributed by atoms with Crippen molar-refractivity contribution in [2.24, 2.45) is 5.29 Å². The van der Waals surface area contributed by atoms with Gasteiger partial charge in [0.15, 0.2) is 0 Å². The van der Waals surface area contributed by atoms with Crippen LogP contribution in [0, 0.1) is 4.91 Å². The Morgan fingerprint density at radius 3 is 2.59 bits per heavy atom. The van der Waals surface area contributed by atoms with Crippen molar-refractivity contribution in [3.63, 3.8) is 0 Å². The summed E-state index contributed by atoms with van der Waals surface area (Å²) in [5.41, 5.74) is 0.385. The highest BCUT2D eigenvalue weighted by atomic mass is 16.3. The normalized spacial score (nSPS) is 11.9. The summed E-state index contributed by atoms with van der Waals surface area (Å²) in [7, 11) is 0. The maximum atomic E-state index is 11.8. The van der Waals surface area contributed by atoms with E-state index in [0.717, 1.165) is 11.4 Å². The molecule has 0 aliphatic rings. The molecule has 1 unspecified atom stereocenters. The van der Waals surface area contributed by atoms with Crippen LogP contribution in [-0.4, -0.2) is 28.7 Å². The van der Waals surface area contributed by atoms with Gasteiger partial charge < -0.3 is 5.11 Å². The van der Waals surface area contributed by atoms with Gasteiger partial charge in [0.2, 0.25) is 0 Å². The van der Waals surface area contributed by atoms with Gasteiger partial charge in [0.1, 0.15) is 0 Å². The number of rotatable bonds is 6. The summed E-state index contributed by atoms with van der Waals surface area (Å²) in [6.45, 7) is 1.85. The molecule has 0 saturated heterocycles. The van der Waals surface area contributed by atoms with Gasteiger partial charge in [-0.1, -0.05) is 31.5 Å². The van der Waals surface area contributed by atoms with Crippen molar-refractivity contribution >= 4 is 5.91 Å². The molecule has 0 radical (unpaired) electrons.